The van der Waals surface area contributed by atoms with E-state index in [4.69, 9.17) is 0 Å². The van der Waals surface area contributed by atoms with E-state index in [0.29, 0.717) is 6.54 Å². The Kier molecular flexibility index (Phi) is 3.89. The molecule has 0 radical (unpaired) electrons. The Balaban J connectivity index is 1.77. The Hall–Kier alpha value is -2.24. The van der Waals surface area contributed by atoms with Crippen LogP contribution in [-0.4, -0.2) is 35.1 Å². The van der Waals surface area contributed by atoms with Gasteiger partial charge in [-0.05, 0) is 31.0 Å². The van der Waals surface area contributed by atoms with Gasteiger partial charge in [0.15, 0.2) is 0 Å². The molecule has 0 saturated heterocycles. The number of benzene rings is 1. The Labute approximate surface area is 110 Å². The quantitative estimate of drug-likeness (QED) is 0.455. The highest BCUT2D eigenvalue weighted by atomic mass is 16.3. The van der Waals surface area contributed by atoms with Crippen LogP contribution in [0.4, 0.5) is 0 Å². The van der Waals surface area contributed by atoms with Crippen LogP contribution in [0.25, 0.3) is 0 Å². The Morgan fingerprint density at radius 1 is 1.16 bits per heavy atom. The molecular formula is C13H16N2O4. The topological polar surface area (TPSA) is 98.7 Å². The van der Waals surface area contributed by atoms with Crippen LogP contribution in [0.5, 0.6) is 11.5 Å². The molecule has 0 aliphatic heterocycles. The van der Waals surface area contributed by atoms with Crippen LogP contribution in [0.3, 0.4) is 0 Å². The number of amides is 2. The molecule has 1 saturated carbocycles. The van der Waals surface area contributed by atoms with Gasteiger partial charge in [0.05, 0.1) is 5.56 Å². The monoisotopic (exact) mass is 264 g/mol. The third kappa shape index (κ3) is 3.61. The first kappa shape index (κ1) is 13.2. The van der Waals surface area contributed by atoms with Gasteiger partial charge in [0.1, 0.15) is 11.5 Å². The van der Waals surface area contributed by atoms with E-state index in [1.165, 1.54) is 18.2 Å². The van der Waals surface area contributed by atoms with Gasteiger partial charge in [0.2, 0.25) is 5.91 Å². The molecular weight excluding hydrogens is 248 g/mol. The Bertz CT molecular complexity index is 497. The summed E-state index contributed by atoms with van der Waals surface area (Å²) in [6.45, 7) is 0.618. The van der Waals surface area contributed by atoms with Crippen molar-refractivity contribution in [2.75, 3.05) is 13.1 Å². The standard InChI is InChI=1S/C13H16N2O4/c16-9-3-4-11(17)10(7-9)13(19)15-6-5-14-12(18)8-1-2-8/h3-4,7-8,16-17H,1-2,5-6H2,(H,14,18)(H,15,19). The van der Waals surface area contributed by atoms with Gasteiger partial charge >= 0.3 is 0 Å². The van der Waals surface area contributed by atoms with E-state index in [-0.39, 0.29) is 35.4 Å². The highest BCUT2D eigenvalue weighted by Gasteiger charge is 2.29. The molecule has 1 fully saturated rings. The van der Waals surface area contributed by atoms with E-state index in [0.717, 1.165) is 12.8 Å². The third-order valence-corrected chi connectivity index (χ3v) is 2.88. The summed E-state index contributed by atoms with van der Waals surface area (Å²) < 4.78 is 0. The molecule has 0 bridgehead atoms. The van der Waals surface area contributed by atoms with Gasteiger partial charge in [-0.25, -0.2) is 0 Å². The minimum atomic E-state index is -0.492. The van der Waals surface area contributed by atoms with Crippen molar-refractivity contribution in [2.45, 2.75) is 12.8 Å². The Morgan fingerprint density at radius 3 is 2.53 bits per heavy atom. The largest absolute Gasteiger partial charge is 0.508 e. The van der Waals surface area contributed by atoms with Crippen molar-refractivity contribution in [3.8, 4) is 11.5 Å². The molecule has 0 spiro atoms. The van der Waals surface area contributed by atoms with Crippen LogP contribution in [-0.2, 0) is 4.79 Å². The first-order valence-electron chi connectivity index (χ1n) is 6.16. The zero-order valence-electron chi connectivity index (χ0n) is 10.3. The summed E-state index contributed by atoms with van der Waals surface area (Å²) in [5, 5.41) is 24.0. The SMILES string of the molecule is O=C(NCCNC(=O)C1CC1)c1cc(O)ccc1O. The second-order valence-corrected chi connectivity index (χ2v) is 4.52. The van der Waals surface area contributed by atoms with Crippen molar-refractivity contribution in [3.05, 3.63) is 23.8 Å². The fraction of sp³-hybridized carbons (Fsp3) is 0.385. The van der Waals surface area contributed by atoms with Crippen molar-refractivity contribution in [2.24, 2.45) is 5.92 Å². The van der Waals surface area contributed by atoms with E-state index < -0.39 is 5.91 Å². The summed E-state index contributed by atoms with van der Waals surface area (Å²) in [7, 11) is 0. The summed E-state index contributed by atoms with van der Waals surface area (Å²) in [5.41, 5.74) is 0.00789. The minimum Gasteiger partial charge on any atom is -0.508 e. The molecule has 0 unspecified atom stereocenters. The maximum Gasteiger partial charge on any atom is 0.255 e. The highest BCUT2D eigenvalue weighted by Crippen LogP contribution is 2.28. The molecule has 2 rings (SSSR count). The lowest BCUT2D eigenvalue weighted by molar-refractivity contribution is -0.122. The van der Waals surface area contributed by atoms with Crippen molar-refractivity contribution < 1.29 is 19.8 Å². The van der Waals surface area contributed by atoms with Crippen LogP contribution < -0.4 is 10.6 Å². The summed E-state index contributed by atoms with van der Waals surface area (Å²) in [6, 6.07) is 3.73. The van der Waals surface area contributed by atoms with Crippen LogP contribution in [0.1, 0.15) is 23.2 Å². The summed E-state index contributed by atoms with van der Waals surface area (Å²) in [6.07, 6.45) is 1.88. The van der Waals surface area contributed by atoms with Gasteiger partial charge in [0.25, 0.3) is 5.91 Å². The van der Waals surface area contributed by atoms with Gasteiger partial charge in [-0.3, -0.25) is 9.59 Å². The summed E-state index contributed by atoms with van der Waals surface area (Å²) >= 11 is 0. The van der Waals surface area contributed by atoms with Gasteiger partial charge in [-0.1, -0.05) is 0 Å². The first-order chi connectivity index (χ1) is 9.08. The number of carbonyl (C=O) groups is 2. The predicted molar refractivity (Wildman–Crippen MR) is 67.8 cm³/mol. The van der Waals surface area contributed by atoms with Crippen molar-refractivity contribution in [3.63, 3.8) is 0 Å². The molecule has 6 nitrogen and oxygen atoms in total. The molecule has 4 N–H and O–H groups in total. The van der Waals surface area contributed by atoms with E-state index in [1.54, 1.807) is 0 Å². The molecule has 6 heteroatoms. The van der Waals surface area contributed by atoms with Gasteiger partial charge in [0, 0.05) is 19.0 Å². The maximum atomic E-state index is 11.7. The second kappa shape index (κ2) is 5.60. The number of aromatic hydroxyl groups is 2. The molecule has 1 aromatic rings. The zero-order valence-corrected chi connectivity index (χ0v) is 10.3. The molecule has 2 amide bonds. The molecule has 1 aliphatic rings. The number of carbonyl (C=O) groups excluding carboxylic acids is 2. The van der Waals surface area contributed by atoms with Crippen LogP contribution in [0.2, 0.25) is 0 Å². The Morgan fingerprint density at radius 2 is 1.84 bits per heavy atom. The van der Waals surface area contributed by atoms with Gasteiger partial charge in [-0.2, -0.15) is 0 Å². The molecule has 102 valence electrons. The number of phenolic OH excluding ortho intramolecular Hbond substituents is 2. The molecule has 0 heterocycles. The third-order valence-electron chi connectivity index (χ3n) is 2.88. The predicted octanol–water partition coefficient (Wildman–Crippen LogP) is 0.354. The lowest BCUT2D eigenvalue weighted by Crippen LogP contribution is -2.35. The average Bonchev–Trinajstić information content (AvgIpc) is 3.21. The number of phenols is 2. The van der Waals surface area contributed by atoms with Crippen LogP contribution in [0.15, 0.2) is 18.2 Å². The van der Waals surface area contributed by atoms with Crippen LogP contribution >= 0.6 is 0 Å². The molecule has 1 aliphatic carbocycles. The average molecular weight is 264 g/mol. The number of rotatable bonds is 5. The van der Waals surface area contributed by atoms with E-state index >= 15 is 0 Å². The molecule has 0 aromatic heterocycles. The molecule has 0 atom stereocenters. The van der Waals surface area contributed by atoms with Gasteiger partial charge < -0.3 is 20.8 Å². The molecule has 19 heavy (non-hydrogen) atoms. The van der Waals surface area contributed by atoms with Crippen molar-refractivity contribution in [1.29, 1.82) is 0 Å². The fourth-order valence-electron chi connectivity index (χ4n) is 1.65. The highest BCUT2D eigenvalue weighted by molar-refractivity contribution is 5.97. The minimum absolute atomic E-state index is 0.00789. The number of hydrogen-bond donors (Lipinski definition) is 4. The van der Waals surface area contributed by atoms with E-state index in [2.05, 4.69) is 10.6 Å². The normalized spacial score (nSPS) is 13.9. The van der Waals surface area contributed by atoms with E-state index in [1.807, 2.05) is 0 Å². The molecule has 1 aromatic carbocycles. The number of hydrogen-bond acceptors (Lipinski definition) is 4. The smallest absolute Gasteiger partial charge is 0.255 e. The van der Waals surface area contributed by atoms with Crippen molar-refractivity contribution >= 4 is 11.8 Å². The lowest BCUT2D eigenvalue weighted by Gasteiger charge is -2.08. The van der Waals surface area contributed by atoms with E-state index in [9.17, 15) is 19.8 Å². The second-order valence-electron chi connectivity index (χ2n) is 4.52. The fourth-order valence-corrected chi connectivity index (χ4v) is 1.65. The number of nitrogens with one attached hydrogen (secondary N) is 2. The van der Waals surface area contributed by atoms with Crippen molar-refractivity contribution in [1.82, 2.24) is 10.6 Å². The first-order valence-corrected chi connectivity index (χ1v) is 6.16. The maximum absolute atomic E-state index is 11.7. The lowest BCUT2D eigenvalue weighted by atomic mass is 10.2. The zero-order chi connectivity index (χ0) is 13.8. The summed E-state index contributed by atoms with van der Waals surface area (Å²) in [5.74, 6) is -0.614. The van der Waals surface area contributed by atoms with Crippen LogP contribution in [0, 0.1) is 5.92 Å². The van der Waals surface area contributed by atoms with Gasteiger partial charge in [-0.15, -0.1) is 0 Å². The summed E-state index contributed by atoms with van der Waals surface area (Å²) in [4.78, 5) is 23.0.